The van der Waals surface area contributed by atoms with Crippen molar-refractivity contribution in [2.24, 2.45) is 0 Å². The molecule has 0 amide bonds. The van der Waals surface area contributed by atoms with Crippen LogP contribution in [0.5, 0.6) is 6.01 Å². The number of rotatable bonds is 5. The number of morpholine rings is 1. The number of hydrogen-bond donors (Lipinski definition) is 1. The fourth-order valence-corrected chi connectivity index (χ4v) is 2.10. The minimum absolute atomic E-state index is 0.146. The van der Waals surface area contributed by atoms with E-state index in [1.54, 1.807) is 7.11 Å². The SMILES string of the molecule is CCCNc1nc(OC)nc(N2CCOCC2(C)C)n1. The van der Waals surface area contributed by atoms with Gasteiger partial charge in [0.15, 0.2) is 0 Å². The largest absolute Gasteiger partial charge is 0.467 e. The first-order valence-corrected chi connectivity index (χ1v) is 6.96. The number of nitrogens with zero attached hydrogens (tertiary/aromatic N) is 4. The molecule has 0 unspecified atom stereocenters. The lowest BCUT2D eigenvalue weighted by atomic mass is 10.0. The minimum Gasteiger partial charge on any atom is -0.467 e. The molecule has 20 heavy (non-hydrogen) atoms. The molecule has 0 bridgehead atoms. The minimum atomic E-state index is -0.146. The van der Waals surface area contributed by atoms with Crippen molar-refractivity contribution in [1.82, 2.24) is 15.0 Å². The fraction of sp³-hybridized carbons (Fsp3) is 0.769. The Labute approximate surface area is 119 Å². The first-order valence-electron chi connectivity index (χ1n) is 6.96. The van der Waals surface area contributed by atoms with Crippen molar-refractivity contribution in [3.63, 3.8) is 0 Å². The molecule has 0 atom stereocenters. The van der Waals surface area contributed by atoms with Crippen molar-refractivity contribution in [2.45, 2.75) is 32.7 Å². The molecule has 0 spiro atoms. The van der Waals surface area contributed by atoms with Gasteiger partial charge in [-0.1, -0.05) is 6.92 Å². The van der Waals surface area contributed by atoms with E-state index in [1.165, 1.54) is 0 Å². The van der Waals surface area contributed by atoms with Crippen molar-refractivity contribution in [1.29, 1.82) is 0 Å². The quantitative estimate of drug-likeness (QED) is 0.872. The monoisotopic (exact) mass is 281 g/mol. The predicted octanol–water partition coefficient (Wildman–Crippen LogP) is 1.32. The topological polar surface area (TPSA) is 72.4 Å². The lowest BCUT2D eigenvalue weighted by Gasteiger charge is -2.42. The zero-order chi connectivity index (χ0) is 14.6. The van der Waals surface area contributed by atoms with Gasteiger partial charge in [-0.15, -0.1) is 0 Å². The Bertz CT molecular complexity index is 452. The van der Waals surface area contributed by atoms with Gasteiger partial charge in [0.1, 0.15) is 0 Å². The van der Waals surface area contributed by atoms with Crippen molar-refractivity contribution in [3.05, 3.63) is 0 Å². The van der Waals surface area contributed by atoms with Gasteiger partial charge in [0.05, 0.1) is 25.9 Å². The first kappa shape index (κ1) is 14.8. The van der Waals surface area contributed by atoms with Crippen LogP contribution in [0.2, 0.25) is 0 Å². The number of anilines is 2. The van der Waals surface area contributed by atoms with Gasteiger partial charge in [-0.05, 0) is 20.3 Å². The highest BCUT2D eigenvalue weighted by molar-refractivity contribution is 5.41. The van der Waals surface area contributed by atoms with Gasteiger partial charge in [0, 0.05) is 13.1 Å². The summed E-state index contributed by atoms with van der Waals surface area (Å²) in [5.41, 5.74) is -0.146. The highest BCUT2D eigenvalue weighted by Crippen LogP contribution is 2.25. The second kappa shape index (κ2) is 6.21. The molecule has 7 nitrogen and oxygen atoms in total. The summed E-state index contributed by atoms with van der Waals surface area (Å²) in [6.07, 6.45) is 1.01. The van der Waals surface area contributed by atoms with Gasteiger partial charge >= 0.3 is 6.01 Å². The van der Waals surface area contributed by atoms with Crippen molar-refractivity contribution >= 4 is 11.9 Å². The molecule has 1 fully saturated rings. The summed E-state index contributed by atoms with van der Waals surface area (Å²) < 4.78 is 10.7. The van der Waals surface area contributed by atoms with E-state index in [4.69, 9.17) is 9.47 Å². The summed E-state index contributed by atoms with van der Waals surface area (Å²) >= 11 is 0. The van der Waals surface area contributed by atoms with Crippen LogP contribution in [0.3, 0.4) is 0 Å². The van der Waals surface area contributed by atoms with E-state index < -0.39 is 0 Å². The smallest absolute Gasteiger partial charge is 0.322 e. The maximum Gasteiger partial charge on any atom is 0.322 e. The molecule has 0 aromatic carbocycles. The standard InChI is InChI=1S/C13H23N5O2/c1-5-6-14-10-15-11(17-12(16-10)19-4)18-7-8-20-9-13(18,2)3/h5-9H2,1-4H3,(H,14,15,16,17). The van der Waals surface area contributed by atoms with Crippen LogP contribution < -0.4 is 15.0 Å². The Kier molecular flexibility index (Phi) is 4.59. The molecule has 1 aromatic rings. The third kappa shape index (κ3) is 3.27. The molecule has 0 aliphatic carbocycles. The summed E-state index contributed by atoms with van der Waals surface area (Å²) in [4.78, 5) is 15.2. The van der Waals surface area contributed by atoms with E-state index in [0.717, 1.165) is 19.5 Å². The van der Waals surface area contributed by atoms with E-state index >= 15 is 0 Å². The molecular weight excluding hydrogens is 258 g/mol. The number of hydrogen-bond acceptors (Lipinski definition) is 7. The molecular formula is C13H23N5O2. The second-order valence-electron chi connectivity index (χ2n) is 5.39. The van der Waals surface area contributed by atoms with Gasteiger partial charge in [-0.25, -0.2) is 0 Å². The lowest BCUT2D eigenvalue weighted by molar-refractivity contribution is 0.0633. The fourth-order valence-electron chi connectivity index (χ4n) is 2.10. The third-order valence-corrected chi connectivity index (χ3v) is 3.21. The molecule has 0 radical (unpaired) electrons. The van der Waals surface area contributed by atoms with E-state index in [-0.39, 0.29) is 5.54 Å². The van der Waals surface area contributed by atoms with E-state index in [2.05, 4.69) is 45.9 Å². The molecule has 0 saturated carbocycles. The van der Waals surface area contributed by atoms with Crippen LogP contribution in [0, 0.1) is 0 Å². The third-order valence-electron chi connectivity index (χ3n) is 3.21. The predicted molar refractivity (Wildman–Crippen MR) is 77.4 cm³/mol. The Morgan fingerprint density at radius 3 is 2.80 bits per heavy atom. The maximum atomic E-state index is 5.53. The van der Waals surface area contributed by atoms with Gasteiger partial charge < -0.3 is 19.7 Å². The molecule has 1 aliphatic heterocycles. The number of aromatic nitrogens is 3. The van der Waals surface area contributed by atoms with E-state index in [1.807, 2.05) is 0 Å². The van der Waals surface area contributed by atoms with E-state index in [0.29, 0.717) is 31.1 Å². The molecule has 1 aliphatic rings. The molecule has 7 heteroatoms. The van der Waals surface area contributed by atoms with Crippen LogP contribution in [0.1, 0.15) is 27.2 Å². The second-order valence-corrected chi connectivity index (χ2v) is 5.39. The molecule has 1 N–H and O–H groups in total. The highest BCUT2D eigenvalue weighted by atomic mass is 16.5. The average Bonchev–Trinajstić information content (AvgIpc) is 2.44. The lowest BCUT2D eigenvalue weighted by Crippen LogP contribution is -2.54. The van der Waals surface area contributed by atoms with E-state index in [9.17, 15) is 0 Å². The van der Waals surface area contributed by atoms with Crippen LogP contribution in [0.15, 0.2) is 0 Å². The summed E-state index contributed by atoms with van der Waals surface area (Å²) in [5, 5.41) is 3.18. The molecule has 2 heterocycles. The number of ether oxygens (including phenoxy) is 2. The van der Waals surface area contributed by atoms with Gasteiger partial charge in [-0.3, -0.25) is 0 Å². The average molecular weight is 281 g/mol. The molecule has 2 rings (SSSR count). The Morgan fingerprint density at radius 2 is 2.15 bits per heavy atom. The summed E-state index contributed by atoms with van der Waals surface area (Å²) in [7, 11) is 1.56. The Morgan fingerprint density at radius 1 is 1.35 bits per heavy atom. The van der Waals surface area contributed by atoms with Crippen molar-refractivity contribution in [2.75, 3.05) is 43.6 Å². The van der Waals surface area contributed by atoms with Gasteiger partial charge in [-0.2, -0.15) is 15.0 Å². The van der Waals surface area contributed by atoms with Crippen LogP contribution in [0.4, 0.5) is 11.9 Å². The Balaban J connectivity index is 2.29. The van der Waals surface area contributed by atoms with Crippen LogP contribution >= 0.6 is 0 Å². The van der Waals surface area contributed by atoms with Crippen molar-refractivity contribution < 1.29 is 9.47 Å². The van der Waals surface area contributed by atoms with Crippen LogP contribution in [-0.2, 0) is 4.74 Å². The normalized spacial score (nSPS) is 17.9. The highest BCUT2D eigenvalue weighted by Gasteiger charge is 2.33. The maximum absolute atomic E-state index is 5.53. The molecule has 112 valence electrons. The van der Waals surface area contributed by atoms with Gasteiger partial charge in [0.2, 0.25) is 11.9 Å². The van der Waals surface area contributed by atoms with Crippen LogP contribution in [0.25, 0.3) is 0 Å². The molecule has 1 saturated heterocycles. The molecule has 1 aromatic heterocycles. The van der Waals surface area contributed by atoms with Crippen LogP contribution in [-0.4, -0.2) is 53.9 Å². The zero-order valence-corrected chi connectivity index (χ0v) is 12.6. The first-order chi connectivity index (χ1) is 9.56. The number of nitrogens with one attached hydrogen (secondary N) is 1. The van der Waals surface area contributed by atoms with Crippen molar-refractivity contribution in [3.8, 4) is 6.01 Å². The zero-order valence-electron chi connectivity index (χ0n) is 12.6. The summed E-state index contributed by atoms with van der Waals surface area (Å²) in [5.74, 6) is 1.18. The summed E-state index contributed by atoms with van der Waals surface area (Å²) in [6.45, 7) is 9.22. The Hall–Kier alpha value is -1.63. The number of methoxy groups -OCH3 is 1. The summed E-state index contributed by atoms with van der Waals surface area (Å²) in [6, 6.07) is 0.330. The van der Waals surface area contributed by atoms with Gasteiger partial charge in [0.25, 0.3) is 0 Å².